The molecule has 1 aromatic heterocycles. The SMILES string of the molecule is CC[n+]1cnn(C2C[C@H](C)CCC2C(C)C)c1.[Br-]. The summed E-state index contributed by atoms with van der Waals surface area (Å²) in [6, 6.07) is 0.603. The normalized spacial score (nSPS) is 28.2. The summed E-state index contributed by atoms with van der Waals surface area (Å²) in [6.07, 6.45) is 8.16. The first kappa shape index (κ1) is 15.7. The quantitative estimate of drug-likeness (QED) is 0.710. The van der Waals surface area contributed by atoms with Gasteiger partial charge in [-0.15, -0.1) is 4.68 Å². The Labute approximate surface area is 121 Å². The van der Waals surface area contributed by atoms with E-state index < -0.39 is 0 Å². The summed E-state index contributed by atoms with van der Waals surface area (Å²) >= 11 is 0. The van der Waals surface area contributed by atoms with Gasteiger partial charge < -0.3 is 17.0 Å². The number of aromatic nitrogens is 3. The lowest BCUT2D eigenvalue weighted by atomic mass is 9.74. The number of halogens is 1. The van der Waals surface area contributed by atoms with Gasteiger partial charge in [0.1, 0.15) is 6.04 Å². The summed E-state index contributed by atoms with van der Waals surface area (Å²) in [5, 5.41) is 4.56. The van der Waals surface area contributed by atoms with Gasteiger partial charge in [-0.2, -0.15) is 0 Å². The average molecular weight is 316 g/mol. The zero-order valence-corrected chi connectivity index (χ0v) is 13.6. The second-order valence-corrected chi connectivity index (χ2v) is 5.95. The number of hydrogen-bond donors (Lipinski definition) is 0. The molecule has 0 bridgehead atoms. The molecule has 0 saturated heterocycles. The number of nitrogens with zero attached hydrogens (tertiary/aromatic N) is 3. The van der Waals surface area contributed by atoms with Gasteiger partial charge in [0.25, 0.3) is 6.33 Å². The highest BCUT2D eigenvalue weighted by Crippen LogP contribution is 2.40. The maximum absolute atomic E-state index is 4.56. The molecule has 1 aromatic rings. The fraction of sp³-hybridized carbons (Fsp3) is 0.857. The smallest absolute Gasteiger partial charge is 0.265 e. The molecule has 0 aromatic carbocycles. The molecule has 1 aliphatic carbocycles. The maximum atomic E-state index is 4.56. The molecule has 0 N–H and O–H groups in total. The molecular formula is C14H26BrN3. The van der Waals surface area contributed by atoms with E-state index in [9.17, 15) is 0 Å². The molecule has 1 saturated carbocycles. The predicted molar refractivity (Wildman–Crippen MR) is 68.5 cm³/mol. The van der Waals surface area contributed by atoms with Crippen LogP contribution in [0.2, 0.25) is 0 Å². The minimum atomic E-state index is 0. The predicted octanol–water partition coefficient (Wildman–Crippen LogP) is -0.172. The Morgan fingerprint density at radius 3 is 2.67 bits per heavy atom. The van der Waals surface area contributed by atoms with Crippen molar-refractivity contribution >= 4 is 0 Å². The average Bonchev–Trinajstić information content (AvgIpc) is 2.76. The highest BCUT2D eigenvalue weighted by Gasteiger charge is 2.35. The molecule has 0 aliphatic heterocycles. The monoisotopic (exact) mass is 315 g/mol. The third-order valence-electron chi connectivity index (χ3n) is 4.29. The van der Waals surface area contributed by atoms with E-state index >= 15 is 0 Å². The minimum Gasteiger partial charge on any atom is -1.00 e. The Hall–Kier alpha value is -0.380. The summed E-state index contributed by atoms with van der Waals surface area (Å²) in [5.74, 6) is 2.39. The summed E-state index contributed by atoms with van der Waals surface area (Å²) < 4.78 is 4.38. The van der Waals surface area contributed by atoms with Crippen molar-refractivity contribution in [3.8, 4) is 0 Å². The number of hydrogen-bond acceptors (Lipinski definition) is 1. The standard InChI is InChI=1S/C14H26N3.BrH/c1-5-16-9-15-17(10-16)14-8-12(4)6-7-13(14)11(2)3;/h9-14H,5-8H2,1-4H3;1H/q+1;/p-1/t12-,13?,14?;/m1./s1. The van der Waals surface area contributed by atoms with Gasteiger partial charge in [-0.05, 0) is 37.5 Å². The van der Waals surface area contributed by atoms with Gasteiger partial charge in [-0.1, -0.05) is 27.2 Å². The molecule has 1 fully saturated rings. The topological polar surface area (TPSA) is 21.7 Å². The van der Waals surface area contributed by atoms with Crippen LogP contribution in [-0.4, -0.2) is 9.78 Å². The molecule has 1 heterocycles. The Morgan fingerprint density at radius 2 is 2.11 bits per heavy atom. The molecule has 0 spiro atoms. The minimum absolute atomic E-state index is 0. The highest BCUT2D eigenvalue weighted by molar-refractivity contribution is 4.83. The van der Waals surface area contributed by atoms with Crippen molar-refractivity contribution < 1.29 is 21.5 Å². The fourth-order valence-corrected chi connectivity index (χ4v) is 3.13. The zero-order valence-electron chi connectivity index (χ0n) is 12.0. The fourth-order valence-electron chi connectivity index (χ4n) is 3.13. The lowest BCUT2D eigenvalue weighted by Gasteiger charge is -2.34. The van der Waals surface area contributed by atoms with Gasteiger partial charge in [0, 0.05) is 5.10 Å². The highest BCUT2D eigenvalue weighted by atomic mass is 79.9. The van der Waals surface area contributed by atoms with Crippen molar-refractivity contribution in [2.45, 2.75) is 59.5 Å². The molecule has 3 nitrogen and oxygen atoms in total. The number of rotatable bonds is 3. The Bertz CT molecular complexity index is 362. The van der Waals surface area contributed by atoms with Gasteiger partial charge in [0.05, 0.1) is 6.54 Å². The van der Waals surface area contributed by atoms with Crippen molar-refractivity contribution in [2.24, 2.45) is 17.8 Å². The zero-order chi connectivity index (χ0) is 12.4. The first-order valence-corrected chi connectivity index (χ1v) is 7.05. The summed E-state index contributed by atoms with van der Waals surface area (Å²) in [4.78, 5) is 0. The van der Waals surface area contributed by atoms with Gasteiger partial charge in [0.15, 0.2) is 0 Å². The molecule has 2 rings (SSSR count). The number of aryl methyl sites for hydroxylation is 1. The van der Waals surface area contributed by atoms with Crippen LogP contribution in [0.25, 0.3) is 0 Å². The molecule has 2 unspecified atom stereocenters. The summed E-state index contributed by atoms with van der Waals surface area (Å²) in [5.41, 5.74) is 0. The van der Waals surface area contributed by atoms with E-state index in [0.29, 0.717) is 6.04 Å². The molecule has 4 heteroatoms. The van der Waals surface area contributed by atoms with Crippen LogP contribution < -0.4 is 21.5 Å². The van der Waals surface area contributed by atoms with Crippen LogP contribution in [0, 0.1) is 17.8 Å². The third kappa shape index (κ3) is 3.34. The second kappa shape index (κ2) is 6.69. The molecule has 0 amide bonds. The molecular weight excluding hydrogens is 290 g/mol. The first-order chi connectivity index (χ1) is 8.11. The van der Waals surface area contributed by atoms with E-state index in [1.54, 1.807) is 0 Å². The van der Waals surface area contributed by atoms with E-state index in [2.05, 4.69) is 48.4 Å². The van der Waals surface area contributed by atoms with Crippen LogP contribution in [0.4, 0.5) is 0 Å². The van der Waals surface area contributed by atoms with Crippen molar-refractivity contribution in [2.75, 3.05) is 0 Å². The Kier molecular flexibility index (Phi) is 5.83. The van der Waals surface area contributed by atoms with Crippen LogP contribution in [0.3, 0.4) is 0 Å². The van der Waals surface area contributed by atoms with Gasteiger partial charge >= 0.3 is 0 Å². The van der Waals surface area contributed by atoms with E-state index in [-0.39, 0.29) is 17.0 Å². The van der Waals surface area contributed by atoms with E-state index in [1.807, 2.05) is 6.33 Å². The Balaban J connectivity index is 0.00000162. The van der Waals surface area contributed by atoms with Gasteiger partial charge in [-0.25, -0.2) is 4.57 Å². The van der Waals surface area contributed by atoms with Crippen molar-refractivity contribution in [3.63, 3.8) is 0 Å². The lowest BCUT2D eigenvalue weighted by molar-refractivity contribution is -0.694. The van der Waals surface area contributed by atoms with Crippen LogP contribution in [0.1, 0.15) is 53.0 Å². The van der Waals surface area contributed by atoms with Gasteiger partial charge in [-0.3, -0.25) is 0 Å². The Morgan fingerprint density at radius 1 is 1.39 bits per heavy atom. The molecule has 18 heavy (non-hydrogen) atoms. The summed E-state index contributed by atoms with van der Waals surface area (Å²) in [7, 11) is 0. The van der Waals surface area contributed by atoms with Crippen molar-refractivity contribution in [1.82, 2.24) is 9.78 Å². The van der Waals surface area contributed by atoms with E-state index in [4.69, 9.17) is 0 Å². The van der Waals surface area contributed by atoms with E-state index in [1.165, 1.54) is 19.3 Å². The molecule has 0 radical (unpaired) electrons. The molecule has 3 atom stereocenters. The van der Waals surface area contributed by atoms with Crippen LogP contribution in [0.15, 0.2) is 12.7 Å². The van der Waals surface area contributed by atoms with Gasteiger partial charge in [0.2, 0.25) is 6.33 Å². The van der Waals surface area contributed by atoms with Crippen molar-refractivity contribution in [1.29, 1.82) is 0 Å². The third-order valence-corrected chi connectivity index (χ3v) is 4.29. The summed E-state index contributed by atoms with van der Waals surface area (Å²) in [6.45, 7) is 10.3. The first-order valence-electron chi connectivity index (χ1n) is 7.05. The lowest BCUT2D eigenvalue weighted by Crippen LogP contribution is -3.00. The maximum Gasteiger partial charge on any atom is 0.265 e. The van der Waals surface area contributed by atoms with Crippen LogP contribution >= 0.6 is 0 Å². The van der Waals surface area contributed by atoms with Crippen LogP contribution in [-0.2, 0) is 6.54 Å². The second-order valence-electron chi connectivity index (χ2n) is 5.95. The molecule has 104 valence electrons. The van der Waals surface area contributed by atoms with E-state index in [0.717, 1.165) is 24.3 Å². The van der Waals surface area contributed by atoms with Crippen molar-refractivity contribution in [3.05, 3.63) is 12.7 Å². The largest absolute Gasteiger partial charge is 1.00 e. The van der Waals surface area contributed by atoms with Crippen LogP contribution in [0.5, 0.6) is 0 Å². The molecule has 1 aliphatic rings.